The number of ether oxygens (including phenoxy) is 2. The third kappa shape index (κ3) is 5.28. The van der Waals surface area contributed by atoms with E-state index in [0.717, 1.165) is 18.0 Å². The highest BCUT2D eigenvalue weighted by atomic mass is 32.5. The molecule has 4 aromatic rings. The van der Waals surface area contributed by atoms with Gasteiger partial charge in [0.1, 0.15) is 31.0 Å². The van der Waals surface area contributed by atoms with Crippen LogP contribution in [-0.4, -0.2) is 99.9 Å². The lowest BCUT2D eigenvalue weighted by atomic mass is 10.1. The molecule has 0 amide bonds. The van der Waals surface area contributed by atoms with E-state index < -0.39 is 81.8 Å². The Kier molecular flexibility index (Phi) is 7.68. The van der Waals surface area contributed by atoms with E-state index in [1.807, 2.05) is 0 Å². The molecule has 0 radical (unpaired) electrons. The number of nitrogen functional groups attached to an aromatic ring is 2. The summed E-state index contributed by atoms with van der Waals surface area (Å²) in [5.41, 5.74) is 10.9. The number of aromatic amines is 1. The summed E-state index contributed by atoms with van der Waals surface area (Å²) in [4.78, 5) is 45.8. The van der Waals surface area contributed by atoms with Gasteiger partial charge in [0.05, 0.1) is 19.5 Å². The molecule has 2 bridgehead atoms. The molecule has 7 rings (SSSR count). The first-order valence-electron chi connectivity index (χ1n) is 13.1. The van der Waals surface area contributed by atoms with Gasteiger partial charge in [-0.2, -0.15) is 4.98 Å². The van der Waals surface area contributed by atoms with Crippen LogP contribution in [0.15, 0.2) is 29.6 Å². The van der Waals surface area contributed by atoms with Crippen LogP contribution in [0.25, 0.3) is 28.2 Å². The summed E-state index contributed by atoms with van der Waals surface area (Å²) in [6.07, 6.45) is -5.59. The minimum absolute atomic E-state index is 0.0207. The van der Waals surface area contributed by atoms with Crippen LogP contribution in [0.1, 0.15) is 6.23 Å². The van der Waals surface area contributed by atoms with Crippen LogP contribution in [0.5, 0.6) is 0 Å². The van der Waals surface area contributed by atoms with Crippen molar-refractivity contribution in [2.75, 3.05) is 31.8 Å². The van der Waals surface area contributed by atoms with Crippen molar-refractivity contribution in [1.29, 1.82) is 0 Å². The van der Waals surface area contributed by atoms with Gasteiger partial charge in [-0.15, -0.1) is 0 Å². The van der Waals surface area contributed by atoms with Crippen LogP contribution in [0.3, 0.4) is 0 Å². The minimum Gasteiger partial charge on any atom is -0.468 e. The summed E-state index contributed by atoms with van der Waals surface area (Å²) in [6, 6.07) is 0. The highest BCUT2D eigenvalue weighted by Gasteiger charge is 2.52. The quantitative estimate of drug-likeness (QED) is 0.171. The highest BCUT2D eigenvalue weighted by Crippen LogP contribution is 2.56. The van der Waals surface area contributed by atoms with Gasteiger partial charge in [0.25, 0.3) is 5.56 Å². The van der Waals surface area contributed by atoms with Crippen molar-refractivity contribution in [2.45, 2.75) is 36.7 Å². The van der Waals surface area contributed by atoms with Crippen molar-refractivity contribution < 1.29 is 51.0 Å². The summed E-state index contributed by atoms with van der Waals surface area (Å²) in [6.45, 7) is -5.68. The van der Waals surface area contributed by atoms with Crippen molar-refractivity contribution in [3.8, 4) is 0 Å². The van der Waals surface area contributed by atoms with E-state index in [1.165, 1.54) is 17.2 Å². The first-order valence-corrected chi connectivity index (χ1v) is 17.1. The first-order chi connectivity index (χ1) is 21.9. The zero-order valence-electron chi connectivity index (χ0n) is 23.1. The molecule has 7 heterocycles. The van der Waals surface area contributed by atoms with Gasteiger partial charge in [-0.3, -0.25) is 37.0 Å². The zero-order valence-corrected chi connectivity index (χ0v) is 25.8. The summed E-state index contributed by atoms with van der Waals surface area (Å²) < 4.78 is 70.8. The molecule has 0 aliphatic carbocycles. The molecule has 2 saturated heterocycles. The number of anilines is 2. The van der Waals surface area contributed by atoms with E-state index in [1.54, 1.807) is 0 Å². The number of nitrogens with one attached hydrogen (secondary N) is 1. The minimum atomic E-state index is -4.63. The molecule has 8 atom stereocenters. The second kappa shape index (κ2) is 11.3. The average Bonchev–Trinajstić information content (AvgIpc) is 3.77. The van der Waals surface area contributed by atoms with Crippen LogP contribution >= 0.6 is 14.5 Å². The molecule has 7 N–H and O–H groups in total. The standard InChI is InChI=1S/C21H23FN10O11P2S/c1-37-44(35)38-2-7-12(33)14(20(40-7)32-6-28-11-17(32)29-21(24)30-18(11)34)43-45(36,46)39-3-8-13(42-44)9(22)19(41-8)31-5-27-10-15(23)25-4-26-16(10)31/h4-8,12-14,20,33H,2-3H2,1H3,(H,36,46)(H2,23,25,26)(H3,24,29,30,34). The van der Waals surface area contributed by atoms with E-state index in [9.17, 15) is 19.4 Å². The summed E-state index contributed by atoms with van der Waals surface area (Å²) in [5.74, 6) is -1.79. The molecule has 2 fully saturated rings. The number of nitrogens with two attached hydrogens (primary N) is 2. The predicted octanol–water partition coefficient (Wildman–Crippen LogP) is -0.335. The van der Waals surface area contributed by atoms with E-state index in [0.29, 0.717) is 0 Å². The number of phosphoric acid groups is 1. The molecule has 4 aromatic heterocycles. The molecule has 0 spiro atoms. The third-order valence-corrected chi connectivity index (χ3v) is 10.2. The monoisotopic (exact) mass is 704 g/mol. The maximum atomic E-state index is 16.0. The molecular formula is C21H23FN10O11P2S. The Morgan fingerprint density at radius 3 is 2.65 bits per heavy atom. The molecular weight excluding hydrogens is 681 g/mol. The van der Waals surface area contributed by atoms with Crippen molar-refractivity contribution in [3.05, 3.63) is 35.2 Å². The maximum Gasteiger partial charge on any atom is 0.475 e. The van der Waals surface area contributed by atoms with Crippen LogP contribution in [0.2, 0.25) is 0 Å². The normalized spacial score (nSPS) is 33.8. The van der Waals surface area contributed by atoms with Gasteiger partial charge in [0, 0.05) is 7.11 Å². The number of nitrogens with zero attached hydrogens (tertiary/aromatic N) is 7. The molecule has 46 heavy (non-hydrogen) atoms. The number of rotatable bonds is 3. The molecule has 21 nitrogen and oxygen atoms in total. The van der Waals surface area contributed by atoms with Gasteiger partial charge in [-0.25, -0.2) is 28.9 Å². The molecule has 246 valence electrons. The van der Waals surface area contributed by atoms with Crippen LogP contribution in [-0.2, 0) is 48.5 Å². The van der Waals surface area contributed by atoms with Crippen molar-refractivity contribution >= 4 is 66.3 Å². The SMILES string of the molecule is COP1(=O)OCC2OC(n3cnc4c(=O)[nH]c(N)nc43)C(OP(O)(=S)OCC3OC(n4cnc5c(N)ncnc54)=C(F)C3O1)C2O. The average molecular weight is 704 g/mol. The highest BCUT2D eigenvalue weighted by molar-refractivity contribution is 8.07. The number of hydrogen-bond donors (Lipinski definition) is 5. The molecule has 8 unspecified atom stereocenters. The Morgan fingerprint density at radius 1 is 1.11 bits per heavy atom. The topological polar surface area (TPSA) is 281 Å². The molecule has 0 aromatic carbocycles. The fourth-order valence-electron chi connectivity index (χ4n) is 5.06. The number of H-pyrrole nitrogens is 1. The fourth-order valence-corrected chi connectivity index (χ4v) is 7.56. The Hall–Kier alpha value is -3.47. The first kappa shape index (κ1) is 31.1. The maximum absolute atomic E-state index is 16.0. The number of halogens is 1. The lowest BCUT2D eigenvalue weighted by molar-refractivity contribution is -0.0578. The second-order valence-corrected chi connectivity index (χ2v) is 14.5. The van der Waals surface area contributed by atoms with Gasteiger partial charge >= 0.3 is 14.5 Å². The van der Waals surface area contributed by atoms with Gasteiger partial charge in [-0.05, 0) is 11.8 Å². The Balaban J connectivity index is 1.24. The Bertz CT molecular complexity index is 2040. The van der Waals surface area contributed by atoms with Crippen molar-refractivity contribution in [1.82, 2.24) is 39.0 Å². The molecule has 3 aliphatic heterocycles. The van der Waals surface area contributed by atoms with E-state index in [2.05, 4.69) is 29.9 Å². The fraction of sp³-hybridized carbons (Fsp3) is 0.429. The predicted molar refractivity (Wildman–Crippen MR) is 154 cm³/mol. The lowest BCUT2D eigenvalue weighted by Crippen LogP contribution is -2.35. The van der Waals surface area contributed by atoms with Gasteiger partial charge in [0.15, 0.2) is 52.4 Å². The number of hydrogen-bond acceptors (Lipinski definition) is 18. The van der Waals surface area contributed by atoms with Crippen molar-refractivity contribution in [2.24, 2.45) is 0 Å². The largest absolute Gasteiger partial charge is 0.475 e. The third-order valence-electron chi connectivity index (χ3n) is 7.19. The number of fused-ring (bicyclic) bond motifs is 5. The van der Waals surface area contributed by atoms with Gasteiger partial charge in [0.2, 0.25) is 11.8 Å². The van der Waals surface area contributed by atoms with Crippen LogP contribution in [0, 0.1) is 0 Å². The molecule has 25 heteroatoms. The molecule has 3 aliphatic rings. The van der Waals surface area contributed by atoms with Crippen LogP contribution < -0.4 is 17.0 Å². The summed E-state index contributed by atoms with van der Waals surface area (Å²) >= 11 is 5.22. The second-order valence-electron chi connectivity index (χ2n) is 9.97. The van der Waals surface area contributed by atoms with Crippen molar-refractivity contribution in [3.63, 3.8) is 0 Å². The lowest BCUT2D eigenvalue weighted by Gasteiger charge is -2.27. The summed E-state index contributed by atoms with van der Waals surface area (Å²) in [7, 11) is -3.64. The van der Waals surface area contributed by atoms with E-state index >= 15 is 4.39 Å². The number of aliphatic hydroxyl groups excluding tert-OH is 1. The van der Waals surface area contributed by atoms with E-state index in [4.69, 9.17) is 55.4 Å². The summed E-state index contributed by atoms with van der Waals surface area (Å²) in [5, 5.41) is 11.2. The molecule has 0 saturated carbocycles. The van der Waals surface area contributed by atoms with Gasteiger partial charge in [-0.1, -0.05) is 0 Å². The van der Waals surface area contributed by atoms with E-state index in [-0.39, 0.29) is 34.1 Å². The zero-order chi connectivity index (χ0) is 32.5. The number of phosphoric ester groups is 1. The Labute approximate surface area is 260 Å². The van der Waals surface area contributed by atoms with Gasteiger partial charge < -0.3 is 35.5 Å². The Morgan fingerprint density at radius 2 is 1.87 bits per heavy atom. The number of aliphatic hydroxyl groups is 1. The number of aromatic nitrogens is 8. The number of imidazole rings is 2. The van der Waals surface area contributed by atoms with Crippen LogP contribution in [0.4, 0.5) is 16.2 Å². The smallest absolute Gasteiger partial charge is 0.468 e.